The fourth-order valence-electron chi connectivity index (χ4n) is 3.25. The van der Waals surface area contributed by atoms with E-state index < -0.39 is 0 Å². The van der Waals surface area contributed by atoms with E-state index in [1.54, 1.807) is 32.0 Å². The fraction of sp³-hybridized carbons (Fsp3) is 0.238. The molecule has 2 heterocycles. The Kier molecular flexibility index (Phi) is 4.65. The van der Waals surface area contributed by atoms with Crippen LogP contribution in [-0.4, -0.2) is 11.7 Å². The van der Waals surface area contributed by atoms with Crippen molar-refractivity contribution >= 4 is 21.9 Å². The van der Waals surface area contributed by atoms with Crippen LogP contribution in [0, 0.1) is 0 Å². The number of methoxy groups -OCH3 is 1. The van der Waals surface area contributed by atoms with Crippen LogP contribution in [0.5, 0.6) is 5.75 Å². The number of aryl methyl sites for hydroxylation is 1. The highest BCUT2D eigenvalue weighted by molar-refractivity contribution is 6.05. The number of azo groups is 1. The number of para-hydroxylation sites is 1. The largest absolute Gasteiger partial charge is 0.497 e. The molecule has 0 aliphatic carbocycles. The van der Waals surface area contributed by atoms with Gasteiger partial charge in [-0.3, -0.25) is 0 Å². The molecule has 0 amide bonds. The average Bonchev–Trinajstić information content (AvgIpc) is 3.07. The second kappa shape index (κ2) is 7.26. The summed E-state index contributed by atoms with van der Waals surface area (Å²) in [7, 11) is 5.09. The Morgan fingerprint density at radius 2 is 1.86 bits per heavy atom. The van der Waals surface area contributed by atoms with E-state index in [2.05, 4.69) is 10.2 Å². The predicted octanol–water partition coefficient (Wildman–Crippen LogP) is 3.27. The summed E-state index contributed by atoms with van der Waals surface area (Å²) >= 11 is 0. The van der Waals surface area contributed by atoms with Crippen LogP contribution >= 0.6 is 0 Å². The third kappa shape index (κ3) is 3.15. The minimum atomic E-state index is -0.0929. The number of aromatic nitrogens is 2. The summed E-state index contributed by atoms with van der Waals surface area (Å²) in [6.45, 7) is 0.701. The second-order valence-corrected chi connectivity index (χ2v) is 6.62. The van der Waals surface area contributed by atoms with Gasteiger partial charge in [0.2, 0.25) is 0 Å². The minimum Gasteiger partial charge on any atom is -0.496 e. The first-order valence-electron chi connectivity index (χ1n) is 8.94. The van der Waals surface area contributed by atoms with Crippen LogP contribution in [0.4, 0.5) is 0 Å². The molecule has 2 aromatic heterocycles. The minimum absolute atomic E-state index is 0.0929. The molecule has 4 rings (SSSR count). The number of ether oxygens (including phenoxy) is 1. The number of benzene rings is 2. The van der Waals surface area contributed by atoms with Crippen molar-refractivity contribution in [2.75, 3.05) is 7.11 Å². The molecule has 0 N–H and O–H groups in total. The van der Waals surface area contributed by atoms with Crippen LogP contribution in [0.15, 0.2) is 68.1 Å². The quantitative estimate of drug-likeness (QED) is 0.396. The van der Waals surface area contributed by atoms with Gasteiger partial charge in [0, 0.05) is 22.4 Å². The van der Waals surface area contributed by atoms with E-state index in [1.807, 2.05) is 42.5 Å². The Morgan fingerprint density at radius 3 is 2.68 bits per heavy atom. The van der Waals surface area contributed by atoms with E-state index >= 15 is 0 Å². The van der Waals surface area contributed by atoms with E-state index in [9.17, 15) is 4.79 Å². The Hall–Kier alpha value is -3.48. The molecule has 0 radical (unpaired) electrons. The maximum Gasteiger partial charge on any atom is 0.497 e. The van der Waals surface area contributed by atoms with Crippen LogP contribution in [0.3, 0.4) is 0 Å². The summed E-state index contributed by atoms with van der Waals surface area (Å²) in [5.74, 6) is 0.747. The Balaban J connectivity index is 1.59. The number of fused-ring (bicyclic) bond motifs is 3. The maximum atomic E-state index is 12.0. The molecule has 0 fully saturated rings. The Labute approximate surface area is 161 Å². The SMILES string of the molecule is COc1cc2c(cc1CN=NCc1cc[n+](C)c(=O)n1C)oc1ccccc12. The lowest BCUT2D eigenvalue weighted by atomic mass is 10.1. The standard InChI is InChI=1S/C21H21N4O3/c1-24-9-8-15(25(2)21(24)26)13-23-22-12-14-10-20-17(11-19(14)27-3)16-6-4-5-7-18(16)28-20/h4-11H,12-13H2,1-3H3/q+1. The Morgan fingerprint density at radius 1 is 1.07 bits per heavy atom. The number of furan rings is 1. The van der Waals surface area contributed by atoms with E-state index in [-0.39, 0.29) is 5.69 Å². The molecule has 142 valence electrons. The highest BCUT2D eigenvalue weighted by Crippen LogP contribution is 2.34. The van der Waals surface area contributed by atoms with Gasteiger partial charge in [0.25, 0.3) is 0 Å². The number of hydrogen-bond acceptors (Lipinski definition) is 5. The van der Waals surface area contributed by atoms with Crippen molar-refractivity contribution in [1.29, 1.82) is 0 Å². The van der Waals surface area contributed by atoms with Crippen molar-refractivity contribution in [3.63, 3.8) is 0 Å². The average molecular weight is 377 g/mol. The summed E-state index contributed by atoms with van der Waals surface area (Å²) in [5, 5.41) is 10.6. The van der Waals surface area contributed by atoms with Crippen LogP contribution < -0.4 is 15.0 Å². The topological polar surface area (TPSA) is 73.0 Å². The lowest BCUT2D eigenvalue weighted by Gasteiger charge is -2.06. The molecule has 28 heavy (non-hydrogen) atoms. The molecule has 7 nitrogen and oxygen atoms in total. The molecule has 0 aliphatic heterocycles. The molecule has 0 atom stereocenters. The van der Waals surface area contributed by atoms with Gasteiger partial charge in [0.05, 0.1) is 33.9 Å². The third-order valence-electron chi connectivity index (χ3n) is 4.86. The van der Waals surface area contributed by atoms with Gasteiger partial charge in [-0.2, -0.15) is 19.6 Å². The predicted molar refractivity (Wildman–Crippen MR) is 105 cm³/mol. The van der Waals surface area contributed by atoms with Gasteiger partial charge in [0.15, 0.2) is 0 Å². The first-order chi connectivity index (χ1) is 13.6. The van der Waals surface area contributed by atoms with E-state index in [0.29, 0.717) is 13.1 Å². The van der Waals surface area contributed by atoms with Gasteiger partial charge in [-0.1, -0.05) is 18.2 Å². The number of rotatable bonds is 5. The number of nitrogens with zero attached hydrogens (tertiary/aromatic N) is 4. The molecule has 4 aromatic rings. The molecule has 0 unspecified atom stereocenters. The first kappa shape index (κ1) is 17.9. The normalized spacial score (nSPS) is 11.7. The van der Waals surface area contributed by atoms with Crippen LogP contribution in [0.1, 0.15) is 11.3 Å². The van der Waals surface area contributed by atoms with Crippen LogP contribution in [-0.2, 0) is 27.2 Å². The molecular formula is C21H21N4O3+. The van der Waals surface area contributed by atoms with Gasteiger partial charge < -0.3 is 9.15 Å². The van der Waals surface area contributed by atoms with Crippen molar-refractivity contribution < 1.29 is 13.7 Å². The van der Waals surface area contributed by atoms with Crippen molar-refractivity contribution in [3.05, 3.63) is 70.4 Å². The smallest absolute Gasteiger partial charge is 0.496 e. The lowest BCUT2D eigenvalue weighted by Crippen LogP contribution is -2.51. The molecule has 0 aliphatic rings. The van der Waals surface area contributed by atoms with Crippen molar-refractivity contribution in [2.45, 2.75) is 13.1 Å². The molecule has 0 spiro atoms. The first-order valence-corrected chi connectivity index (χ1v) is 8.94. The molecule has 7 heteroatoms. The number of hydrogen-bond donors (Lipinski definition) is 0. The third-order valence-corrected chi connectivity index (χ3v) is 4.86. The highest BCUT2D eigenvalue weighted by atomic mass is 16.5. The lowest BCUT2D eigenvalue weighted by molar-refractivity contribution is -0.691. The molecule has 2 aromatic carbocycles. The van der Waals surface area contributed by atoms with E-state index in [1.165, 1.54) is 4.57 Å². The summed E-state index contributed by atoms with van der Waals surface area (Å²) in [6.07, 6.45) is 1.73. The van der Waals surface area contributed by atoms with Crippen molar-refractivity contribution in [2.24, 2.45) is 24.3 Å². The van der Waals surface area contributed by atoms with Crippen LogP contribution in [0.25, 0.3) is 21.9 Å². The van der Waals surface area contributed by atoms with Gasteiger partial charge in [-0.25, -0.2) is 4.57 Å². The van der Waals surface area contributed by atoms with Crippen molar-refractivity contribution in [1.82, 2.24) is 4.57 Å². The zero-order valence-electron chi connectivity index (χ0n) is 16.0. The molecule has 0 saturated heterocycles. The zero-order valence-corrected chi connectivity index (χ0v) is 16.0. The van der Waals surface area contributed by atoms with Gasteiger partial charge >= 0.3 is 5.69 Å². The molecule has 0 bridgehead atoms. The zero-order chi connectivity index (χ0) is 19.7. The summed E-state index contributed by atoms with van der Waals surface area (Å²) in [5.41, 5.74) is 3.24. The highest BCUT2D eigenvalue weighted by Gasteiger charge is 2.12. The van der Waals surface area contributed by atoms with E-state index in [4.69, 9.17) is 9.15 Å². The molecular weight excluding hydrogens is 356 g/mol. The summed E-state index contributed by atoms with van der Waals surface area (Å²) < 4.78 is 14.6. The van der Waals surface area contributed by atoms with Gasteiger partial charge in [-0.05, 0) is 18.2 Å². The van der Waals surface area contributed by atoms with Crippen molar-refractivity contribution in [3.8, 4) is 5.75 Å². The maximum absolute atomic E-state index is 12.0. The molecule has 0 saturated carbocycles. The monoisotopic (exact) mass is 377 g/mol. The van der Waals surface area contributed by atoms with Gasteiger partial charge in [-0.15, -0.1) is 0 Å². The summed E-state index contributed by atoms with van der Waals surface area (Å²) in [4.78, 5) is 12.0. The van der Waals surface area contributed by atoms with Gasteiger partial charge in [0.1, 0.15) is 29.2 Å². The van der Waals surface area contributed by atoms with E-state index in [0.717, 1.165) is 38.9 Å². The summed E-state index contributed by atoms with van der Waals surface area (Å²) in [6, 6.07) is 13.7. The fourth-order valence-corrected chi connectivity index (χ4v) is 3.25. The Bertz CT molecular complexity index is 1250. The van der Waals surface area contributed by atoms with Crippen LogP contribution in [0.2, 0.25) is 0 Å². The second-order valence-electron chi connectivity index (χ2n) is 6.62.